The first kappa shape index (κ1) is 14.9. The molecule has 3 nitrogen and oxygen atoms in total. The molecule has 0 atom stereocenters. The molecular weight excluding hydrogens is 214 g/mol. The molecule has 0 bridgehead atoms. The van der Waals surface area contributed by atoms with E-state index in [0.29, 0.717) is 11.5 Å². The lowest BCUT2D eigenvalue weighted by atomic mass is 9.76. The summed E-state index contributed by atoms with van der Waals surface area (Å²) >= 11 is 0. The molecule has 102 valence electrons. The van der Waals surface area contributed by atoms with Gasteiger partial charge in [0.05, 0.1) is 0 Å². The standard InChI is InChI=1S/C14H29NO2/c1-13(2)15-12-14(6-4-5-9-16-3)7-10-17-11-8-14/h13,15H,4-12H2,1-3H3. The van der Waals surface area contributed by atoms with Crippen LogP contribution in [0.3, 0.4) is 0 Å². The van der Waals surface area contributed by atoms with E-state index in [2.05, 4.69) is 19.2 Å². The number of hydrogen-bond acceptors (Lipinski definition) is 3. The van der Waals surface area contributed by atoms with Crippen LogP contribution in [0.4, 0.5) is 0 Å². The van der Waals surface area contributed by atoms with Crippen molar-refractivity contribution >= 4 is 0 Å². The Morgan fingerprint density at radius 2 is 1.94 bits per heavy atom. The predicted molar refractivity (Wildman–Crippen MR) is 71.4 cm³/mol. The second-order valence-corrected chi connectivity index (χ2v) is 5.60. The molecule has 0 aromatic heterocycles. The van der Waals surface area contributed by atoms with E-state index in [1.807, 2.05) is 0 Å². The molecule has 0 saturated carbocycles. The molecule has 1 saturated heterocycles. The molecule has 0 amide bonds. The van der Waals surface area contributed by atoms with E-state index >= 15 is 0 Å². The van der Waals surface area contributed by atoms with Crippen molar-refractivity contribution in [1.29, 1.82) is 0 Å². The van der Waals surface area contributed by atoms with E-state index in [0.717, 1.165) is 26.4 Å². The van der Waals surface area contributed by atoms with Gasteiger partial charge in [0.15, 0.2) is 0 Å². The lowest BCUT2D eigenvalue weighted by Crippen LogP contribution is -2.41. The topological polar surface area (TPSA) is 30.5 Å². The summed E-state index contributed by atoms with van der Waals surface area (Å²) in [7, 11) is 1.78. The molecule has 0 aliphatic carbocycles. The molecule has 1 N–H and O–H groups in total. The van der Waals surface area contributed by atoms with Crippen molar-refractivity contribution in [2.45, 2.75) is 52.0 Å². The minimum Gasteiger partial charge on any atom is -0.385 e. The van der Waals surface area contributed by atoms with Gasteiger partial charge < -0.3 is 14.8 Å². The van der Waals surface area contributed by atoms with E-state index in [1.54, 1.807) is 7.11 Å². The van der Waals surface area contributed by atoms with Crippen molar-refractivity contribution in [3.05, 3.63) is 0 Å². The van der Waals surface area contributed by atoms with Crippen molar-refractivity contribution in [3.8, 4) is 0 Å². The molecule has 17 heavy (non-hydrogen) atoms. The fourth-order valence-electron chi connectivity index (χ4n) is 2.49. The highest BCUT2D eigenvalue weighted by Gasteiger charge is 2.31. The number of ether oxygens (including phenoxy) is 2. The summed E-state index contributed by atoms with van der Waals surface area (Å²) in [6, 6.07) is 0.577. The molecule has 1 aliphatic rings. The van der Waals surface area contributed by atoms with E-state index in [9.17, 15) is 0 Å². The zero-order chi connectivity index (χ0) is 12.6. The molecule has 0 radical (unpaired) electrons. The van der Waals surface area contributed by atoms with Crippen LogP contribution in [-0.4, -0.2) is 39.5 Å². The summed E-state index contributed by atoms with van der Waals surface area (Å²) < 4.78 is 10.6. The van der Waals surface area contributed by atoms with Crippen LogP contribution in [0.15, 0.2) is 0 Å². The van der Waals surface area contributed by atoms with Crippen molar-refractivity contribution < 1.29 is 9.47 Å². The van der Waals surface area contributed by atoms with Gasteiger partial charge in [0, 0.05) is 39.5 Å². The lowest BCUT2D eigenvalue weighted by molar-refractivity contribution is 0.00756. The van der Waals surface area contributed by atoms with Crippen LogP contribution < -0.4 is 5.32 Å². The van der Waals surface area contributed by atoms with Gasteiger partial charge in [0.1, 0.15) is 0 Å². The Labute approximate surface area is 106 Å². The number of methoxy groups -OCH3 is 1. The molecule has 1 rings (SSSR count). The Kier molecular flexibility index (Phi) is 7.09. The first-order valence-electron chi connectivity index (χ1n) is 6.99. The second-order valence-electron chi connectivity index (χ2n) is 5.60. The highest BCUT2D eigenvalue weighted by Crippen LogP contribution is 2.35. The van der Waals surface area contributed by atoms with Crippen LogP contribution in [0.2, 0.25) is 0 Å². The molecule has 1 heterocycles. The van der Waals surface area contributed by atoms with Crippen LogP contribution in [0.25, 0.3) is 0 Å². The van der Waals surface area contributed by atoms with Gasteiger partial charge in [-0.3, -0.25) is 0 Å². The summed E-state index contributed by atoms with van der Waals surface area (Å²) in [6.45, 7) is 8.34. The molecule has 0 aromatic carbocycles. The van der Waals surface area contributed by atoms with E-state index in [4.69, 9.17) is 9.47 Å². The van der Waals surface area contributed by atoms with Crippen LogP contribution >= 0.6 is 0 Å². The number of nitrogens with one attached hydrogen (secondary N) is 1. The van der Waals surface area contributed by atoms with Gasteiger partial charge in [-0.1, -0.05) is 20.3 Å². The largest absolute Gasteiger partial charge is 0.385 e. The van der Waals surface area contributed by atoms with Gasteiger partial charge in [-0.05, 0) is 31.1 Å². The summed E-state index contributed by atoms with van der Waals surface area (Å²) in [5.74, 6) is 0. The molecule has 1 fully saturated rings. The maximum atomic E-state index is 5.51. The Morgan fingerprint density at radius 3 is 2.53 bits per heavy atom. The molecule has 0 spiro atoms. The first-order chi connectivity index (χ1) is 8.18. The average Bonchev–Trinajstić information content (AvgIpc) is 2.34. The number of hydrogen-bond donors (Lipinski definition) is 1. The first-order valence-corrected chi connectivity index (χ1v) is 6.99. The predicted octanol–water partition coefficient (Wildman–Crippen LogP) is 2.60. The van der Waals surface area contributed by atoms with Crippen LogP contribution in [0.5, 0.6) is 0 Å². The van der Waals surface area contributed by atoms with Gasteiger partial charge in [-0.15, -0.1) is 0 Å². The van der Waals surface area contributed by atoms with Crippen LogP contribution in [0.1, 0.15) is 46.0 Å². The monoisotopic (exact) mass is 243 g/mol. The zero-order valence-electron chi connectivity index (χ0n) is 11.8. The molecule has 0 unspecified atom stereocenters. The van der Waals surface area contributed by atoms with Crippen molar-refractivity contribution in [2.75, 3.05) is 33.5 Å². The highest BCUT2D eigenvalue weighted by molar-refractivity contribution is 4.84. The minimum absolute atomic E-state index is 0.469. The Balaban J connectivity index is 2.35. The Morgan fingerprint density at radius 1 is 1.24 bits per heavy atom. The van der Waals surface area contributed by atoms with E-state index in [-0.39, 0.29) is 0 Å². The molecule has 0 aromatic rings. The fraction of sp³-hybridized carbons (Fsp3) is 1.00. The minimum atomic E-state index is 0.469. The quantitative estimate of drug-likeness (QED) is 0.665. The Bertz CT molecular complexity index is 189. The maximum Gasteiger partial charge on any atom is 0.0471 e. The van der Waals surface area contributed by atoms with Crippen molar-refractivity contribution in [1.82, 2.24) is 5.32 Å². The second kappa shape index (κ2) is 8.06. The maximum absolute atomic E-state index is 5.51. The Hall–Kier alpha value is -0.120. The van der Waals surface area contributed by atoms with Crippen molar-refractivity contribution in [3.63, 3.8) is 0 Å². The van der Waals surface area contributed by atoms with Gasteiger partial charge in [0.25, 0.3) is 0 Å². The fourth-order valence-corrected chi connectivity index (χ4v) is 2.49. The lowest BCUT2D eigenvalue weighted by Gasteiger charge is -2.38. The molecular formula is C14H29NO2. The zero-order valence-corrected chi connectivity index (χ0v) is 11.8. The third kappa shape index (κ3) is 5.84. The average molecular weight is 243 g/mol. The van der Waals surface area contributed by atoms with E-state index in [1.165, 1.54) is 32.1 Å². The highest BCUT2D eigenvalue weighted by atomic mass is 16.5. The van der Waals surface area contributed by atoms with Gasteiger partial charge >= 0.3 is 0 Å². The van der Waals surface area contributed by atoms with Crippen LogP contribution in [-0.2, 0) is 9.47 Å². The number of unbranched alkanes of at least 4 members (excludes halogenated alkanes) is 1. The SMILES string of the molecule is COCCCCC1(CNC(C)C)CCOCC1. The van der Waals surface area contributed by atoms with E-state index < -0.39 is 0 Å². The summed E-state index contributed by atoms with van der Waals surface area (Å²) in [6.07, 6.45) is 6.17. The molecule has 3 heteroatoms. The molecule has 1 aliphatic heterocycles. The van der Waals surface area contributed by atoms with Crippen LogP contribution in [0, 0.1) is 5.41 Å². The van der Waals surface area contributed by atoms with Gasteiger partial charge in [-0.25, -0.2) is 0 Å². The number of rotatable bonds is 8. The third-order valence-corrected chi connectivity index (χ3v) is 3.74. The summed E-state index contributed by atoms with van der Waals surface area (Å²) in [5.41, 5.74) is 0.469. The van der Waals surface area contributed by atoms with Gasteiger partial charge in [0.2, 0.25) is 0 Å². The third-order valence-electron chi connectivity index (χ3n) is 3.74. The summed E-state index contributed by atoms with van der Waals surface area (Å²) in [4.78, 5) is 0. The summed E-state index contributed by atoms with van der Waals surface area (Å²) in [5, 5.41) is 3.61. The van der Waals surface area contributed by atoms with Gasteiger partial charge in [-0.2, -0.15) is 0 Å². The normalized spacial score (nSPS) is 19.8. The van der Waals surface area contributed by atoms with Crippen molar-refractivity contribution in [2.24, 2.45) is 5.41 Å². The smallest absolute Gasteiger partial charge is 0.0471 e.